The fourth-order valence-electron chi connectivity index (χ4n) is 2.53. The van der Waals surface area contributed by atoms with Crippen molar-refractivity contribution < 1.29 is 9.47 Å². The average molecular weight is 235 g/mol. The van der Waals surface area contributed by atoms with E-state index in [0.717, 1.165) is 12.3 Å². The zero-order chi connectivity index (χ0) is 12.1. The van der Waals surface area contributed by atoms with Gasteiger partial charge in [-0.2, -0.15) is 0 Å². The van der Waals surface area contributed by atoms with Gasteiger partial charge < -0.3 is 14.8 Å². The summed E-state index contributed by atoms with van der Waals surface area (Å²) < 4.78 is 10.8. The third-order valence-electron chi connectivity index (χ3n) is 3.50. The Balaban J connectivity index is 1.93. The van der Waals surface area contributed by atoms with Gasteiger partial charge in [0.25, 0.3) is 0 Å². The summed E-state index contributed by atoms with van der Waals surface area (Å²) >= 11 is 0. The van der Waals surface area contributed by atoms with Crippen molar-refractivity contribution in [3.63, 3.8) is 0 Å². The largest absolute Gasteiger partial charge is 0.496 e. The van der Waals surface area contributed by atoms with Gasteiger partial charge in [0.2, 0.25) is 0 Å². The number of nitrogens with one attached hydrogen (secondary N) is 1. The van der Waals surface area contributed by atoms with Gasteiger partial charge in [-0.25, -0.2) is 0 Å². The van der Waals surface area contributed by atoms with E-state index < -0.39 is 0 Å². The molecule has 1 aliphatic carbocycles. The van der Waals surface area contributed by atoms with Gasteiger partial charge in [0.05, 0.1) is 13.2 Å². The van der Waals surface area contributed by atoms with E-state index in [-0.39, 0.29) is 0 Å². The highest BCUT2D eigenvalue weighted by molar-refractivity contribution is 5.33. The second kappa shape index (κ2) is 6.03. The summed E-state index contributed by atoms with van der Waals surface area (Å²) in [6.45, 7) is 0.842. The van der Waals surface area contributed by atoms with Crippen molar-refractivity contribution in [2.75, 3.05) is 14.2 Å². The summed E-state index contributed by atoms with van der Waals surface area (Å²) in [5.41, 5.74) is 1.21. The smallest absolute Gasteiger partial charge is 0.123 e. The summed E-state index contributed by atoms with van der Waals surface area (Å²) in [6.07, 6.45) is 3.99. The van der Waals surface area contributed by atoms with Crippen LogP contribution >= 0.6 is 0 Å². The van der Waals surface area contributed by atoms with Crippen molar-refractivity contribution in [2.45, 2.75) is 38.0 Å². The Bertz CT molecular complexity index is 354. The topological polar surface area (TPSA) is 30.5 Å². The first-order valence-electron chi connectivity index (χ1n) is 6.23. The van der Waals surface area contributed by atoms with Crippen molar-refractivity contribution in [1.82, 2.24) is 5.32 Å². The second-order valence-electron chi connectivity index (χ2n) is 4.50. The van der Waals surface area contributed by atoms with Gasteiger partial charge in [-0.15, -0.1) is 0 Å². The standard InChI is InChI=1S/C14H21NO2/c1-16-13-8-4-3-6-11(13)10-15-12-7-5-9-14(12)17-2/h3-4,6,8,12,14-15H,5,7,9-10H2,1-2H3. The Morgan fingerprint density at radius 2 is 2.06 bits per heavy atom. The molecule has 2 rings (SSSR count). The Hall–Kier alpha value is -1.06. The van der Waals surface area contributed by atoms with Crippen LogP contribution in [0.15, 0.2) is 24.3 Å². The fourth-order valence-corrected chi connectivity index (χ4v) is 2.53. The zero-order valence-corrected chi connectivity index (χ0v) is 10.6. The quantitative estimate of drug-likeness (QED) is 0.850. The number of hydrogen-bond acceptors (Lipinski definition) is 3. The Kier molecular flexibility index (Phi) is 4.40. The molecule has 0 aromatic heterocycles. The Morgan fingerprint density at radius 1 is 1.24 bits per heavy atom. The van der Waals surface area contributed by atoms with E-state index in [1.165, 1.54) is 24.8 Å². The summed E-state index contributed by atoms with van der Waals surface area (Å²) in [4.78, 5) is 0. The van der Waals surface area contributed by atoms with Crippen molar-refractivity contribution in [1.29, 1.82) is 0 Å². The maximum Gasteiger partial charge on any atom is 0.123 e. The summed E-state index contributed by atoms with van der Waals surface area (Å²) in [5.74, 6) is 0.951. The molecule has 0 amide bonds. The molecule has 0 saturated heterocycles. The number of para-hydroxylation sites is 1. The molecule has 1 fully saturated rings. The van der Waals surface area contributed by atoms with E-state index in [0.29, 0.717) is 12.1 Å². The van der Waals surface area contributed by atoms with Crippen molar-refractivity contribution in [3.05, 3.63) is 29.8 Å². The van der Waals surface area contributed by atoms with Crippen LogP contribution in [0, 0.1) is 0 Å². The van der Waals surface area contributed by atoms with E-state index in [1.807, 2.05) is 18.2 Å². The molecule has 17 heavy (non-hydrogen) atoms. The number of rotatable bonds is 5. The van der Waals surface area contributed by atoms with E-state index in [9.17, 15) is 0 Å². The molecule has 1 saturated carbocycles. The van der Waals surface area contributed by atoms with Gasteiger partial charge in [0, 0.05) is 25.3 Å². The average Bonchev–Trinajstić information content (AvgIpc) is 2.84. The van der Waals surface area contributed by atoms with Crippen LogP contribution in [0.25, 0.3) is 0 Å². The van der Waals surface area contributed by atoms with Gasteiger partial charge in [-0.3, -0.25) is 0 Å². The maximum atomic E-state index is 5.47. The molecule has 94 valence electrons. The van der Waals surface area contributed by atoms with Crippen LogP contribution in [0.3, 0.4) is 0 Å². The lowest BCUT2D eigenvalue weighted by Crippen LogP contribution is -2.36. The summed E-state index contributed by atoms with van der Waals surface area (Å²) in [5, 5.41) is 3.57. The van der Waals surface area contributed by atoms with Crippen molar-refractivity contribution in [3.8, 4) is 5.75 Å². The number of hydrogen-bond donors (Lipinski definition) is 1. The fraction of sp³-hybridized carbons (Fsp3) is 0.571. The molecule has 0 heterocycles. The van der Waals surface area contributed by atoms with Crippen molar-refractivity contribution in [2.24, 2.45) is 0 Å². The molecular formula is C14H21NO2. The van der Waals surface area contributed by atoms with Crippen LogP contribution in [-0.2, 0) is 11.3 Å². The predicted octanol–water partition coefficient (Wildman–Crippen LogP) is 2.35. The molecule has 0 aliphatic heterocycles. The predicted molar refractivity (Wildman–Crippen MR) is 68.3 cm³/mol. The van der Waals surface area contributed by atoms with Gasteiger partial charge >= 0.3 is 0 Å². The molecule has 0 radical (unpaired) electrons. The van der Waals surface area contributed by atoms with Crippen LogP contribution in [0.2, 0.25) is 0 Å². The first kappa shape index (κ1) is 12.4. The number of methoxy groups -OCH3 is 2. The van der Waals surface area contributed by atoms with Gasteiger partial charge in [0.1, 0.15) is 5.75 Å². The Labute approximate surface area is 103 Å². The molecule has 1 aliphatic rings. The third kappa shape index (κ3) is 2.99. The van der Waals surface area contributed by atoms with E-state index >= 15 is 0 Å². The Morgan fingerprint density at radius 3 is 2.82 bits per heavy atom. The van der Waals surface area contributed by atoms with Gasteiger partial charge in [-0.1, -0.05) is 18.2 Å². The first-order valence-corrected chi connectivity index (χ1v) is 6.23. The molecule has 3 heteroatoms. The molecule has 1 aromatic carbocycles. The third-order valence-corrected chi connectivity index (χ3v) is 3.50. The lowest BCUT2D eigenvalue weighted by Gasteiger charge is -2.20. The number of ether oxygens (including phenoxy) is 2. The summed E-state index contributed by atoms with van der Waals surface area (Å²) in [6, 6.07) is 8.62. The van der Waals surface area contributed by atoms with Crippen LogP contribution < -0.4 is 10.1 Å². The normalized spacial score (nSPS) is 23.9. The summed E-state index contributed by atoms with van der Waals surface area (Å²) in [7, 11) is 3.51. The second-order valence-corrected chi connectivity index (χ2v) is 4.50. The van der Waals surface area contributed by atoms with E-state index in [4.69, 9.17) is 9.47 Å². The first-order chi connectivity index (χ1) is 8.35. The molecule has 0 bridgehead atoms. The van der Waals surface area contributed by atoms with Crippen LogP contribution in [-0.4, -0.2) is 26.4 Å². The maximum absolute atomic E-state index is 5.47. The van der Waals surface area contributed by atoms with Gasteiger partial charge in [0.15, 0.2) is 0 Å². The van der Waals surface area contributed by atoms with Crippen LogP contribution in [0.1, 0.15) is 24.8 Å². The molecule has 2 unspecified atom stereocenters. The van der Waals surface area contributed by atoms with Crippen LogP contribution in [0.5, 0.6) is 5.75 Å². The SMILES string of the molecule is COc1ccccc1CNC1CCCC1OC. The molecule has 0 spiro atoms. The molecule has 3 nitrogen and oxygen atoms in total. The van der Waals surface area contributed by atoms with Gasteiger partial charge in [-0.05, 0) is 25.3 Å². The highest BCUT2D eigenvalue weighted by Crippen LogP contribution is 2.23. The molecule has 1 N–H and O–H groups in total. The van der Waals surface area contributed by atoms with E-state index in [2.05, 4.69) is 11.4 Å². The number of benzene rings is 1. The monoisotopic (exact) mass is 235 g/mol. The minimum atomic E-state index is 0.365. The van der Waals surface area contributed by atoms with E-state index in [1.54, 1.807) is 14.2 Å². The highest BCUT2D eigenvalue weighted by atomic mass is 16.5. The lowest BCUT2D eigenvalue weighted by atomic mass is 10.1. The molecule has 2 atom stereocenters. The van der Waals surface area contributed by atoms with Crippen LogP contribution in [0.4, 0.5) is 0 Å². The molecule has 1 aromatic rings. The lowest BCUT2D eigenvalue weighted by molar-refractivity contribution is 0.0846. The zero-order valence-electron chi connectivity index (χ0n) is 10.6. The minimum absolute atomic E-state index is 0.365. The molecular weight excluding hydrogens is 214 g/mol. The highest BCUT2D eigenvalue weighted by Gasteiger charge is 2.26. The minimum Gasteiger partial charge on any atom is -0.496 e. The van der Waals surface area contributed by atoms with Crippen molar-refractivity contribution >= 4 is 0 Å².